The standard InChI is InChI=1S/C13H17N3O4S/c1-19-11(17)8-16(9-12(18)20-2)15-13(21)14-10-6-4-3-5-7-10/h3-7H,8-9H2,1-2H3,(H2,14,15,21). The molecule has 0 unspecified atom stereocenters. The highest BCUT2D eigenvalue weighted by atomic mass is 32.1. The summed E-state index contributed by atoms with van der Waals surface area (Å²) < 4.78 is 9.12. The quantitative estimate of drug-likeness (QED) is 0.447. The number of esters is 2. The van der Waals surface area contributed by atoms with Crippen molar-refractivity contribution in [2.75, 3.05) is 32.6 Å². The summed E-state index contributed by atoms with van der Waals surface area (Å²) in [5.74, 6) is -1.01. The van der Waals surface area contributed by atoms with Crippen LogP contribution in [0.15, 0.2) is 30.3 Å². The Morgan fingerprint density at radius 1 is 1.10 bits per heavy atom. The highest BCUT2D eigenvalue weighted by Crippen LogP contribution is 2.04. The van der Waals surface area contributed by atoms with Gasteiger partial charge >= 0.3 is 11.9 Å². The van der Waals surface area contributed by atoms with Crippen molar-refractivity contribution in [2.24, 2.45) is 0 Å². The van der Waals surface area contributed by atoms with Crippen LogP contribution in [0, 0.1) is 0 Å². The molecule has 21 heavy (non-hydrogen) atoms. The topological polar surface area (TPSA) is 79.9 Å². The van der Waals surface area contributed by atoms with Crippen LogP contribution in [-0.4, -0.2) is 49.4 Å². The fourth-order valence-corrected chi connectivity index (χ4v) is 1.65. The zero-order chi connectivity index (χ0) is 15.7. The molecule has 7 nitrogen and oxygen atoms in total. The first kappa shape index (κ1) is 16.9. The molecule has 1 rings (SSSR count). The van der Waals surface area contributed by atoms with E-state index in [9.17, 15) is 9.59 Å². The van der Waals surface area contributed by atoms with Gasteiger partial charge in [0.2, 0.25) is 0 Å². The third-order valence-electron chi connectivity index (χ3n) is 2.39. The summed E-state index contributed by atoms with van der Waals surface area (Å²) in [4.78, 5) is 22.6. The molecule has 0 saturated heterocycles. The largest absolute Gasteiger partial charge is 0.468 e. The first-order valence-electron chi connectivity index (χ1n) is 6.06. The van der Waals surface area contributed by atoms with E-state index in [4.69, 9.17) is 12.2 Å². The van der Waals surface area contributed by atoms with Gasteiger partial charge in [-0.15, -0.1) is 0 Å². The van der Waals surface area contributed by atoms with Crippen LogP contribution in [0.4, 0.5) is 5.69 Å². The van der Waals surface area contributed by atoms with Crippen LogP contribution in [0.5, 0.6) is 0 Å². The zero-order valence-electron chi connectivity index (χ0n) is 11.8. The molecule has 2 N–H and O–H groups in total. The smallest absolute Gasteiger partial charge is 0.321 e. The van der Waals surface area contributed by atoms with Crippen molar-refractivity contribution in [3.8, 4) is 0 Å². The van der Waals surface area contributed by atoms with Gasteiger partial charge in [0.05, 0.1) is 14.2 Å². The third-order valence-corrected chi connectivity index (χ3v) is 2.58. The molecule has 0 spiro atoms. The maximum atomic E-state index is 11.3. The van der Waals surface area contributed by atoms with Crippen molar-refractivity contribution in [1.29, 1.82) is 0 Å². The van der Waals surface area contributed by atoms with E-state index in [1.165, 1.54) is 19.2 Å². The van der Waals surface area contributed by atoms with Gasteiger partial charge in [0.25, 0.3) is 0 Å². The molecule has 1 aromatic rings. The Balaban J connectivity index is 2.59. The Hall–Kier alpha value is -2.19. The number of para-hydroxylation sites is 1. The van der Waals surface area contributed by atoms with Crippen molar-refractivity contribution in [3.05, 3.63) is 30.3 Å². The molecule has 0 fully saturated rings. The summed E-state index contributed by atoms with van der Waals surface area (Å²) in [6.07, 6.45) is 0. The molecule has 0 aromatic heterocycles. The van der Waals surface area contributed by atoms with E-state index in [0.29, 0.717) is 0 Å². The Kier molecular flexibility index (Phi) is 7.13. The zero-order valence-corrected chi connectivity index (χ0v) is 12.6. The third kappa shape index (κ3) is 6.68. The maximum absolute atomic E-state index is 11.3. The molecule has 0 saturated carbocycles. The molecule has 0 aliphatic rings. The van der Waals surface area contributed by atoms with Gasteiger partial charge < -0.3 is 14.8 Å². The average Bonchev–Trinajstić information content (AvgIpc) is 2.47. The minimum absolute atomic E-state index is 0.151. The fourth-order valence-electron chi connectivity index (χ4n) is 1.40. The number of hydrogen-bond acceptors (Lipinski definition) is 6. The van der Waals surface area contributed by atoms with Crippen LogP contribution >= 0.6 is 12.2 Å². The molecular formula is C13H17N3O4S. The van der Waals surface area contributed by atoms with E-state index in [1.54, 1.807) is 0 Å². The molecule has 0 aliphatic heterocycles. The number of nitrogens with zero attached hydrogens (tertiary/aromatic N) is 1. The number of rotatable bonds is 6. The Bertz CT molecular complexity index is 477. The van der Waals surface area contributed by atoms with Crippen molar-refractivity contribution in [2.45, 2.75) is 0 Å². The van der Waals surface area contributed by atoms with Crippen molar-refractivity contribution < 1.29 is 19.1 Å². The lowest BCUT2D eigenvalue weighted by Crippen LogP contribution is -2.49. The molecule has 0 bridgehead atoms. The summed E-state index contributed by atoms with van der Waals surface area (Å²) in [7, 11) is 2.53. The molecule has 8 heteroatoms. The number of carbonyl (C=O) groups excluding carboxylic acids is 2. The molecule has 0 heterocycles. The number of hydrogen-bond donors (Lipinski definition) is 2. The van der Waals surface area contributed by atoms with Crippen LogP contribution in [0.2, 0.25) is 0 Å². The maximum Gasteiger partial charge on any atom is 0.321 e. The summed E-state index contributed by atoms with van der Waals surface area (Å²) in [6.45, 7) is -0.301. The minimum atomic E-state index is -0.506. The van der Waals surface area contributed by atoms with Gasteiger partial charge in [0, 0.05) is 5.69 Å². The van der Waals surface area contributed by atoms with Gasteiger partial charge in [-0.1, -0.05) is 18.2 Å². The van der Waals surface area contributed by atoms with E-state index >= 15 is 0 Å². The van der Waals surface area contributed by atoms with E-state index in [0.717, 1.165) is 5.69 Å². The lowest BCUT2D eigenvalue weighted by Gasteiger charge is -2.22. The SMILES string of the molecule is COC(=O)CN(CC(=O)OC)NC(=S)Nc1ccccc1. The molecule has 0 aliphatic carbocycles. The van der Waals surface area contributed by atoms with Crippen LogP contribution in [0.25, 0.3) is 0 Å². The number of carbonyl (C=O) groups is 2. The predicted molar refractivity (Wildman–Crippen MR) is 81.4 cm³/mol. The minimum Gasteiger partial charge on any atom is -0.468 e. The lowest BCUT2D eigenvalue weighted by atomic mass is 10.3. The molecule has 114 valence electrons. The number of anilines is 1. The van der Waals surface area contributed by atoms with Crippen molar-refractivity contribution >= 4 is 35.0 Å². The van der Waals surface area contributed by atoms with Crippen LogP contribution in [0.3, 0.4) is 0 Å². The van der Waals surface area contributed by atoms with Crippen molar-refractivity contribution in [1.82, 2.24) is 10.4 Å². The number of ether oxygens (including phenoxy) is 2. The Morgan fingerprint density at radius 2 is 1.62 bits per heavy atom. The van der Waals surface area contributed by atoms with E-state index in [-0.39, 0.29) is 18.2 Å². The number of methoxy groups -OCH3 is 2. The van der Waals surface area contributed by atoms with Gasteiger partial charge in [0.15, 0.2) is 5.11 Å². The summed E-state index contributed by atoms with van der Waals surface area (Å²) in [6, 6.07) is 9.25. The molecule has 1 aromatic carbocycles. The Labute approximate surface area is 128 Å². The molecular weight excluding hydrogens is 294 g/mol. The average molecular weight is 311 g/mol. The van der Waals surface area contributed by atoms with Crippen LogP contribution in [0.1, 0.15) is 0 Å². The van der Waals surface area contributed by atoms with Crippen LogP contribution < -0.4 is 10.7 Å². The first-order valence-corrected chi connectivity index (χ1v) is 6.47. The van der Waals surface area contributed by atoms with Gasteiger partial charge in [-0.25, -0.2) is 0 Å². The van der Waals surface area contributed by atoms with Crippen LogP contribution in [-0.2, 0) is 19.1 Å². The molecule has 0 atom stereocenters. The van der Waals surface area contributed by atoms with Gasteiger partial charge in [0.1, 0.15) is 13.1 Å². The summed E-state index contributed by atoms with van der Waals surface area (Å²) in [5, 5.41) is 4.48. The lowest BCUT2D eigenvalue weighted by molar-refractivity contribution is -0.146. The molecule has 0 amide bonds. The summed E-state index contributed by atoms with van der Waals surface area (Å²) in [5.41, 5.74) is 3.53. The molecule has 0 radical (unpaired) electrons. The normalized spacial score (nSPS) is 9.86. The highest BCUT2D eigenvalue weighted by molar-refractivity contribution is 7.80. The van der Waals surface area contributed by atoms with Gasteiger partial charge in [-0.3, -0.25) is 15.0 Å². The number of hydrazine groups is 1. The van der Waals surface area contributed by atoms with Gasteiger partial charge in [-0.2, -0.15) is 5.01 Å². The number of thiocarbonyl (C=S) groups is 1. The number of benzene rings is 1. The van der Waals surface area contributed by atoms with Gasteiger partial charge in [-0.05, 0) is 24.4 Å². The van der Waals surface area contributed by atoms with E-state index in [2.05, 4.69) is 20.2 Å². The van der Waals surface area contributed by atoms with E-state index in [1.807, 2.05) is 30.3 Å². The second-order valence-corrected chi connectivity index (χ2v) is 4.35. The fraction of sp³-hybridized carbons (Fsp3) is 0.308. The second-order valence-electron chi connectivity index (χ2n) is 3.94. The predicted octanol–water partition coefficient (Wildman–Crippen LogP) is 0.536. The van der Waals surface area contributed by atoms with Crippen molar-refractivity contribution in [3.63, 3.8) is 0 Å². The van der Waals surface area contributed by atoms with E-state index < -0.39 is 11.9 Å². The highest BCUT2D eigenvalue weighted by Gasteiger charge is 2.16. The Morgan fingerprint density at radius 3 is 2.10 bits per heavy atom. The second kappa shape index (κ2) is 8.88. The first-order chi connectivity index (χ1) is 10.0. The summed E-state index contributed by atoms with van der Waals surface area (Å²) >= 11 is 5.12. The monoisotopic (exact) mass is 311 g/mol. The number of nitrogens with one attached hydrogen (secondary N) is 2.